The molecule has 2 saturated heterocycles. The molecular weight excluding hydrogens is 342 g/mol. The molecule has 138 valence electrons. The molecule has 0 bridgehead atoms. The van der Waals surface area contributed by atoms with Gasteiger partial charge in [0.05, 0.1) is 0 Å². The van der Waals surface area contributed by atoms with Gasteiger partial charge in [-0.1, -0.05) is 0 Å². The summed E-state index contributed by atoms with van der Waals surface area (Å²) in [5, 5.41) is 0. The zero-order valence-corrected chi connectivity index (χ0v) is 15.4. The quantitative estimate of drug-likeness (QED) is 0.802. The Morgan fingerprint density at radius 1 is 1.08 bits per heavy atom. The van der Waals surface area contributed by atoms with Crippen LogP contribution in [0, 0.1) is 6.92 Å². The molecule has 2 aliphatic heterocycles. The third-order valence-corrected chi connectivity index (χ3v) is 7.44. The van der Waals surface area contributed by atoms with Gasteiger partial charge in [0.25, 0.3) is 5.91 Å². The molecule has 1 amide bonds. The van der Waals surface area contributed by atoms with E-state index in [-0.39, 0.29) is 16.6 Å². The van der Waals surface area contributed by atoms with Crippen LogP contribution in [0.4, 0.5) is 0 Å². The highest BCUT2D eigenvalue weighted by Crippen LogP contribution is 2.29. The molecular formula is C17H25N3O4S. The zero-order chi connectivity index (χ0) is 17.6. The van der Waals surface area contributed by atoms with Crippen LogP contribution >= 0.6 is 0 Å². The third-order valence-electron chi connectivity index (χ3n) is 5.43. The Hall–Kier alpha value is -1.38. The number of nitrogens with zero attached hydrogens (tertiary/aromatic N) is 3. The van der Waals surface area contributed by atoms with Gasteiger partial charge < -0.3 is 9.32 Å². The van der Waals surface area contributed by atoms with Crippen LogP contribution in [0.15, 0.2) is 15.4 Å². The van der Waals surface area contributed by atoms with E-state index in [1.165, 1.54) is 23.2 Å². The van der Waals surface area contributed by atoms with Crippen molar-refractivity contribution in [1.29, 1.82) is 0 Å². The summed E-state index contributed by atoms with van der Waals surface area (Å²) in [5.74, 6) is 0.225. The van der Waals surface area contributed by atoms with Gasteiger partial charge >= 0.3 is 0 Å². The maximum atomic E-state index is 12.7. The number of carbonyl (C=O) groups is 1. The number of carbonyl (C=O) groups excluding carboxylic acids is 1. The molecule has 25 heavy (non-hydrogen) atoms. The first-order valence-electron chi connectivity index (χ1n) is 9.11. The summed E-state index contributed by atoms with van der Waals surface area (Å²) >= 11 is 0. The van der Waals surface area contributed by atoms with Crippen molar-refractivity contribution in [2.24, 2.45) is 0 Å². The van der Waals surface area contributed by atoms with Gasteiger partial charge in [-0.2, -0.15) is 4.31 Å². The minimum Gasteiger partial charge on any atom is -0.455 e. The molecule has 0 radical (unpaired) electrons. The number of furan rings is 1. The molecule has 3 fully saturated rings. The molecule has 7 nitrogen and oxygen atoms in total. The van der Waals surface area contributed by atoms with E-state index >= 15 is 0 Å². The van der Waals surface area contributed by atoms with Crippen LogP contribution in [0.5, 0.6) is 0 Å². The van der Waals surface area contributed by atoms with Crippen LogP contribution in [0.3, 0.4) is 0 Å². The second-order valence-corrected chi connectivity index (χ2v) is 9.11. The van der Waals surface area contributed by atoms with E-state index in [9.17, 15) is 13.2 Å². The summed E-state index contributed by atoms with van der Waals surface area (Å²) in [5.41, 5.74) is 0. The predicted molar refractivity (Wildman–Crippen MR) is 91.9 cm³/mol. The van der Waals surface area contributed by atoms with E-state index in [2.05, 4.69) is 4.90 Å². The predicted octanol–water partition coefficient (Wildman–Crippen LogP) is 1.29. The average molecular weight is 367 g/mol. The summed E-state index contributed by atoms with van der Waals surface area (Å²) < 4.78 is 32.5. The Bertz CT molecular complexity index is 755. The standard InChI is InChI=1S/C17H25N3O4S/c1-13-16(25(22,23)20-6-2-3-7-20)12-15(24-13)17(21)19-10-8-18(9-11-19)14-4-5-14/h12,14H,2-11H2,1H3. The molecule has 3 aliphatic rings. The van der Waals surface area contributed by atoms with Crippen LogP contribution < -0.4 is 0 Å². The number of sulfonamides is 1. The first-order chi connectivity index (χ1) is 12.0. The number of amides is 1. The van der Waals surface area contributed by atoms with E-state index < -0.39 is 10.0 Å². The lowest BCUT2D eigenvalue weighted by Gasteiger charge is -2.34. The van der Waals surface area contributed by atoms with Gasteiger partial charge in [0.15, 0.2) is 5.76 Å². The summed E-state index contributed by atoms with van der Waals surface area (Å²) in [4.78, 5) is 17.0. The molecule has 4 rings (SSSR count). The molecule has 0 atom stereocenters. The Labute approximate surface area is 148 Å². The van der Waals surface area contributed by atoms with E-state index in [0.29, 0.717) is 38.0 Å². The minimum absolute atomic E-state index is 0.134. The highest BCUT2D eigenvalue weighted by Gasteiger charge is 2.35. The van der Waals surface area contributed by atoms with Crippen molar-refractivity contribution in [3.05, 3.63) is 17.6 Å². The Morgan fingerprint density at radius 2 is 1.72 bits per heavy atom. The number of hydrogen-bond acceptors (Lipinski definition) is 5. The van der Waals surface area contributed by atoms with E-state index in [4.69, 9.17) is 4.42 Å². The highest BCUT2D eigenvalue weighted by atomic mass is 32.2. The van der Waals surface area contributed by atoms with Gasteiger partial charge in [-0.05, 0) is 32.6 Å². The molecule has 0 aromatic carbocycles. The molecule has 3 heterocycles. The zero-order valence-electron chi connectivity index (χ0n) is 14.6. The lowest BCUT2D eigenvalue weighted by Crippen LogP contribution is -2.49. The lowest BCUT2D eigenvalue weighted by atomic mass is 10.3. The van der Waals surface area contributed by atoms with Gasteiger partial charge in [0.1, 0.15) is 10.7 Å². The van der Waals surface area contributed by atoms with Gasteiger partial charge in [-0.3, -0.25) is 9.69 Å². The van der Waals surface area contributed by atoms with E-state index in [1.807, 2.05) is 0 Å². The molecule has 1 aliphatic carbocycles. The first-order valence-corrected chi connectivity index (χ1v) is 10.5. The third kappa shape index (κ3) is 3.22. The Balaban J connectivity index is 1.48. The smallest absolute Gasteiger partial charge is 0.289 e. The lowest BCUT2D eigenvalue weighted by molar-refractivity contribution is 0.0595. The largest absolute Gasteiger partial charge is 0.455 e. The molecule has 0 unspecified atom stereocenters. The fraction of sp³-hybridized carbons (Fsp3) is 0.706. The summed E-state index contributed by atoms with van der Waals surface area (Å²) in [7, 11) is -3.56. The van der Waals surface area contributed by atoms with Crippen molar-refractivity contribution in [3.63, 3.8) is 0 Å². The van der Waals surface area contributed by atoms with E-state index in [0.717, 1.165) is 25.9 Å². The normalized spacial score (nSPS) is 23.3. The van der Waals surface area contributed by atoms with Gasteiger partial charge in [-0.15, -0.1) is 0 Å². The van der Waals surface area contributed by atoms with Crippen LogP contribution in [0.25, 0.3) is 0 Å². The van der Waals surface area contributed by atoms with Crippen molar-refractivity contribution in [1.82, 2.24) is 14.1 Å². The summed E-state index contributed by atoms with van der Waals surface area (Å²) in [6, 6.07) is 2.12. The molecule has 1 saturated carbocycles. The maximum Gasteiger partial charge on any atom is 0.289 e. The summed E-state index contributed by atoms with van der Waals surface area (Å²) in [6.07, 6.45) is 4.30. The van der Waals surface area contributed by atoms with Gasteiger partial charge in [0, 0.05) is 51.4 Å². The van der Waals surface area contributed by atoms with Crippen LogP contribution in [-0.2, 0) is 10.0 Å². The van der Waals surface area contributed by atoms with Gasteiger partial charge in [0.2, 0.25) is 10.0 Å². The van der Waals surface area contributed by atoms with Crippen LogP contribution in [-0.4, -0.2) is 73.7 Å². The Morgan fingerprint density at radius 3 is 2.32 bits per heavy atom. The average Bonchev–Trinajstić information content (AvgIpc) is 3.14. The molecule has 0 spiro atoms. The molecule has 1 aromatic rings. The first kappa shape index (κ1) is 17.1. The molecule has 1 aromatic heterocycles. The second-order valence-electron chi connectivity index (χ2n) is 7.20. The van der Waals surface area contributed by atoms with Crippen LogP contribution in [0.2, 0.25) is 0 Å². The monoisotopic (exact) mass is 367 g/mol. The number of hydrogen-bond donors (Lipinski definition) is 0. The maximum absolute atomic E-state index is 12.7. The fourth-order valence-corrected chi connectivity index (χ4v) is 5.46. The number of aryl methyl sites for hydroxylation is 1. The minimum atomic E-state index is -3.56. The van der Waals surface area contributed by atoms with Crippen molar-refractivity contribution in [3.8, 4) is 0 Å². The van der Waals surface area contributed by atoms with E-state index in [1.54, 1.807) is 11.8 Å². The molecule has 8 heteroatoms. The molecule has 0 N–H and O–H groups in total. The second kappa shape index (κ2) is 6.41. The number of piperazine rings is 1. The van der Waals surface area contributed by atoms with Gasteiger partial charge in [-0.25, -0.2) is 8.42 Å². The topological polar surface area (TPSA) is 74.1 Å². The Kier molecular flexibility index (Phi) is 4.37. The van der Waals surface area contributed by atoms with Crippen molar-refractivity contribution in [2.45, 2.75) is 43.5 Å². The van der Waals surface area contributed by atoms with Crippen molar-refractivity contribution < 1.29 is 17.6 Å². The SMILES string of the molecule is Cc1oc(C(=O)N2CCN(C3CC3)CC2)cc1S(=O)(=O)N1CCCC1. The fourth-order valence-electron chi connectivity index (χ4n) is 3.78. The summed E-state index contributed by atoms with van der Waals surface area (Å²) in [6.45, 7) is 5.81. The van der Waals surface area contributed by atoms with Crippen molar-refractivity contribution in [2.75, 3.05) is 39.3 Å². The highest BCUT2D eigenvalue weighted by molar-refractivity contribution is 7.89. The number of rotatable bonds is 4. The van der Waals surface area contributed by atoms with Crippen LogP contribution in [0.1, 0.15) is 42.0 Å². The van der Waals surface area contributed by atoms with Crippen molar-refractivity contribution >= 4 is 15.9 Å².